The Morgan fingerprint density at radius 3 is 2.48 bits per heavy atom. The van der Waals surface area contributed by atoms with Crippen LogP contribution in [-0.4, -0.2) is 71.7 Å². The summed E-state index contributed by atoms with van der Waals surface area (Å²) in [7, 11) is 1.48. The second kappa shape index (κ2) is 6.87. The molecule has 0 aromatic carbocycles. The third-order valence-corrected chi connectivity index (χ3v) is 3.16. The van der Waals surface area contributed by atoms with Crippen LogP contribution in [-0.2, 0) is 4.74 Å². The van der Waals surface area contributed by atoms with Crippen LogP contribution in [0, 0.1) is 0 Å². The minimum atomic E-state index is -0.340. The van der Waals surface area contributed by atoms with Gasteiger partial charge in [-0.25, -0.2) is 14.8 Å². The van der Waals surface area contributed by atoms with E-state index < -0.39 is 0 Å². The van der Waals surface area contributed by atoms with Gasteiger partial charge in [-0.15, -0.1) is 0 Å². The van der Waals surface area contributed by atoms with Crippen LogP contribution in [0.3, 0.4) is 0 Å². The molecule has 2 heterocycles. The Kier molecular flexibility index (Phi) is 4.91. The van der Waals surface area contributed by atoms with Crippen LogP contribution in [0.5, 0.6) is 5.88 Å². The summed E-state index contributed by atoms with van der Waals surface area (Å²) in [6.45, 7) is 3.91. The van der Waals surface area contributed by atoms with Crippen LogP contribution >= 0.6 is 0 Å². The fourth-order valence-corrected chi connectivity index (χ4v) is 2.04. The highest BCUT2D eigenvalue weighted by atomic mass is 16.6. The van der Waals surface area contributed by atoms with Crippen LogP contribution < -0.4 is 4.74 Å². The van der Waals surface area contributed by atoms with Gasteiger partial charge in [-0.3, -0.25) is 4.79 Å². The highest BCUT2D eigenvalue weighted by Gasteiger charge is 2.26. The van der Waals surface area contributed by atoms with Gasteiger partial charge in [0.25, 0.3) is 5.91 Å². The van der Waals surface area contributed by atoms with Crippen molar-refractivity contribution in [3.8, 4) is 5.88 Å². The number of carbonyl (C=O) groups is 2. The molecule has 1 aliphatic rings. The minimum Gasteiger partial charge on any atom is -0.481 e. The van der Waals surface area contributed by atoms with E-state index in [0.29, 0.717) is 38.7 Å². The number of hydrogen-bond donors (Lipinski definition) is 0. The van der Waals surface area contributed by atoms with Gasteiger partial charge in [-0.05, 0) is 6.92 Å². The van der Waals surface area contributed by atoms with Crippen molar-refractivity contribution >= 4 is 12.0 Å². The molecule has 1 aromatic rings. The highest BCUT2D eigenvalue weighted by Crippen LogP contribution is 2.11. The molecule has 0 atom stereocenters. The zero-order valence-electron chi connectivity index (χ0n) is 12.1. The smallest absolute Gasteiger partial charge is 0.409 e. The normalized spacial score (nSPS) is 14.8. The molecule has 0 spiro atoms. The molecular weight excluding hydrogens is 276 g/mol. The average molecular weight is 294 g/mol. The van der Waals surface area contributed by atoms with E-state index >= 15 is 0 Å². The van der Waals surface area contributed by atoms with E-state index in [9.17, 15) is 9.59 Å². The van der Waals surface area contributed by atoms with Crippen molar-refractivity contribution in [2.45, 2.75) is 6.92 Å². The lowest BCUT2D eigenvalue weighted by molar-refractivity contribution is 0.0565. The maximum Gasteiger partial charge on any atom is 0.409 e. The summed E-state index contributed by atoms with van der Waals surface area (Å²) in [5.74, 6) is 0.151. The van der Waals surface area contributed by atoms with Gasteiger partial charge >= 0.3 is 6.09 Å². The van der Waals surface area contributed by atoms with Gasteiger partial charge in [-0.2, -0.15) is 0 Å². The number of methoxy groups -OCH3 is 1. The Bertz CT molecular complexity index is 515. The third-order valence-electron chi connectivity index (χ3n) is 3.16. The van der Waals surface area contributed by atoms with Crippen LogP contribution in [0.25, 0.3) is 0 Å². The molecule has 1 aromatic heterocycles. The van der Waals surface area contributed by atoms with Crippen molar-refractivity contribution in [2.24, 2.45) is 0 Å². The molecule has 8 nitrogen and oxygen atoms in total. The number of aromatic nitrogens is 2. The molecule has 0 saturated carbocycles. The lowest BCUT2D eigenvalue weighted by atomic mass is 10.3. The SMILES string of the molecule is CCOC(=O)N1CCN(C(=O)c2cc(OC)ncn2)CC1. The first-order valence-electron chi connectivity index (χ1n) is 6.72. The number of ether oxygens (including phenoxy) is 2. The fraction of sp³-hybridized carbons (Fsp3) is 0.538. The molecule has 8 heteroatoms. The number of carbonyl (C=O) groups excluding carboxylic acids is 2. The van der Waals surface area contributed by atoms with Crippen molar-refractivity contribution in [3.05, 3.63) is 18.1 Å². The molecule has 1 aliphatic heterocycles. The predicted molar refractivity (Wildman–Crippen MR) is 73.1 cm³/mol. The molecule has 21 heavy (non-hydrogen) atoms. The first-order valence-corrected chi connectivity index (χ1v) is 6.72. The van der Waals surface area contributed by atoms with Gasteiger partial charge < -0.3 is 19.3 Å². The lowest BCUT2D eigenvalue weighted by Crippen LogP contribution is -2.50. The Morgan fingerprint density at radius 1 is 1.19 bits per heavy atom. The summed E-state index contributed by atoms with van der Waals surface area (Å²) in [6.07, 6.45) is 0.953. The van der Waals surface area contributed by atoms with Crippen molar-refractivity contribution in [1.82, 2.24) is 19.8 Å². The van der Waals surface area contributed by atoms with Gasteiger partial charge in [-0.1, -0.05) is 0 Å². The number of amides is 2. The number of hydrogen-bond acceptors (Lipinski definition) is 6. The van der Waals surface area contributed by atoms with Crippen LogP contribution in [0.4, 0.5) is 4.79 Å². The molecule has 2 rings (SSSR count). The predicted octanol–water partition coefficient (Wildman–Crippen LogP) is 0.399. The van der Waals surface area contributed by atoms with E-state index in [2.05, 4.69) is 9.97 Å². The van der Waals surface area contributed by atoms with Crippen LogP contribution in [0.15, 0.2) is 12.4 Å². The molecule has 1 fully saturated rings. The van der Waals surface area contributed by atoms with E-state index in [4.69, 9.17) is 9.47 Å². The topological polar surface area (TPSA) is 84.9 Å². The summed E-state index contributed by atoms with van der Waals surface area (Å²) in [5, 5.41) is 0. The first-order chi connectivity index (χ1) is 10.2. The second-order valence-electron chi connectivity index (χ2n) is 4.42. The summed E-state index contributed by atoms with van der Waals surface area (Å²) >= 11 is 0. The molecule has 0 aliphatic carbocycles. The monoisotopic (exact) mass is 294 g/mol. The van der Waals surface area contributed by atoms with Gasteiger partial charge in [0.2, 0.25) is 5.88 Å². The van der Waals surface area contributed by atoms with E-state index in [1.807, 2.05) is 0 Å². The van der Waals surface area contributed by atoms with E-state index in [-0.39, 0.29) is 17.7 Å². The van der Waals surface area contributed by atoms with Crippen molar-refractivity contribution in [2.75, 3.05) is 39.9 Å². The standard InChI is InChI=1S/C13H18N4O4/c1-3-21-13(19)17-6-4-16(5-7-17)12(18)10-8-11(20-2)15-9-14-10/h8-9H,3-7H2,1-2H3. The first kappa shape index (κ1) is 15.0. The molecule has 2 amide bonds. The summed E-state index contributed by atoms with van der Waals surface area (Å²) in [4.78, 5) is 35.0. The molecule has 0 bridgehead atoms. The Morgan fingerprint density at radius 2 is 1.86 bits per heavy atom. The van der Waals surface area contributed by atoms with Crippen molar-refractivity contribution < 1.29 is 19.1 Å². The summed E-state index contributed by atoms with van der Waals surface area (Å²) in [6, 6.07) is 1.50. The number of piperazine rings is 1. The molecular formula is C13H18N4O4. The average Bonchev–Trinajstić information content (AvgIpc) is 2.54. The molecule has 1 saturated heterocycles. The molecule has 0 unspecified atom stereocenters. The van der Waals surface area contributed by atoms with E-state index in [1.54, 1.807) is 16.7 Å². The van der Waals surface area contributed by atoms with Gasteiger partial charge in [0.1, 0.15) is 12.0 Å². The quantitative estimate of drug-likeness (QED) is 0.802. The maximum absolute atomic E-state index is 12.3. The fourth-order valence-electron chi connectivity index (χ4n) is 2.04. The molecule has 114 valence electrons. The largest absolute Gasteiger partial charge is 0.481 e. The summed E-state index contributed by atoms with van der Waals surface area (Å²) < 4.78 is 9.91. The van der Waals surface area contributed by atoms with E-state index in [0.717, 1.165) is 0 Å². The van der Waals surface area contributed by atoms with Gasteiger partial charge in [0, 0.05) is 32.2 Å². The van der Waals surface area contributed by atoms with Crippen LogP contribution in [0.2, 0.25) is 0 Å². The third kappa shape index (κ3) is 3.59. The Hall–Kier alpha value is -2.38. The molecule has 0 N–H and O–H groups in total. The maximum atomic E-state index is 12.3. The molecule has 0 radical (unpaired) electrons. The number of rotatable bonds is 3. The van der Waals surface area contributed by atoms with Crippen molar-refractivity contribution in [1.29, 1.82) is 0 Å². The zero-order chi connectivity index (χ0) is 15.2. The van der Waals surface area contributed by atoms with E-state index in [1.165, 1.54) is 19.5 Å². The Labute approximate surface area is 122 Å². The zero-order valence-corrected chi connectivity index (χ0v) is 12.1. The van der Waals surface area contributed by atoms with Crippen molar-refractivity contribution in [3.63, 3.8) is 0 Å². The highest BCUT2D eigenvalue weighted by molar-refractivity contribution is 5.92. The lowest BCUT2D eigenvalue weighted by Gasteiger charge is -2.33. The minimum absolute atomic E-state index is 0.195. The summed E-state index contributed by atoms with van der Waals surface area (Å²) in [5.41, 5.74) is 0.284. The Balaban J connectivity index is 1.95. The van der Waals surface area contributed by atoms with Crippen LogP contribution in [0.1, 0.15) is 17.4 Å². The number of nitrogens with zero attached hydrogens (tertiary/aromatic N) is 4. The van der Waals surface area contributed by atoms with Gasteiger partial charge in [0.05, 0.1) is 13.7 Å². The second-order valence-corrected chi connectivity index (χ2v) is 4.42. The van der Waals surface area contributed by atoms with Gasteiger partial charge in [0.15, 0.2) is 0 Å².